The molecule has 4 N–H and O–H groups in total. The third kappa shape index (κ3) is 5.61. The van der Waals surface area contributed by atoms with E-state index in [-0.39, 0.29) is 12.2 Å². The van der Waals surface area contributed by atoms with Crippen molar-refractivity contribution in [2.45, 2.75) is 19.0 Å². The first-order valence-corrected chi connectivity index (χ1v) is 9.58. The SMILES string of the molecule is O=C(O)CC(NC(=O)Nc1c(O)ccn(Cc2ccccc2Cl)c1=O)c1cccnc1. The molecule has 3 rings (SSSR count). The van der Waals surface area contributed by atoms with Gasteiger partial charge in [0.1, 0.15) is 5.75 Å². The molecule has 0 saturated heterocycles. The van der Waals surface area contributed by atoms with Crippen LogP contribution in [0.5, 0.6) is 5.75 Å². The molecular weight excluding hydrogens is 424 g/mol. The van der Waals surface area contributed by atoms with Gasteiger partial charge in [-0.05, 0) is 29.3 Å². The van der Waals surface area contributed by atoms with Crippen LogP contribution in [0.3, 0.4) is 0 Å². The summed E-state index contributed by atoms with van der Waals surface area (Å²) in [5, 5.41) is 24.5. The van der Waals surface area contributed by atoms with Crippen molar-refractivity contribution in [2.75, 3.05) is 5.32 Å². The molecule has 0 spiro atoms. The van der Waals surface area contributed by atoms with Crippen LogP contribution in [0.4, 0.5) is 10.5 Å². The molecule has 0 saturated carbocycles. The van der Waals surface area contributed by atoms with Gasteiger partial charge in [0.15, 0.2) is 5.69 Å². The first-order valence-electron chi connectivity index (χ1n) is 9.20. The number of anilines is 1. The van der Waals surface area contributed by atoms with Gasteiger partial charge in [-0.3, -0.25) is 14.6 Å². The van der Waals surface area contributed by atoms with E-state index >= 15 is 0 Å². The smallest absolute Gasteiger partial charge is 0.319 e. The first kappa shape index (κ1) is 21.8. The number of urea groups is 1. The molecule has 2 amide bonds. The molecule has 1 unspecified atom stereocenters. The number of carbonyl (C=O) groups is 2. The van der Waals surface area contributed by atoms with Crippen molar-refractivity contribution in [2.24, 2.45) is 0 Å². The fourth-order valence-corrected chi connectivity index (χ4v) is 3.13. The van der Waals surface area contributed by atoms with E-state index in [1.807, 2.05) is 0 Å². The molecule has 9 nitrogen and oxygen atoms in total. The van der Waals surface area contributed by atoms with Crippen molar-refractivity contribution in [3.05, 3.63) is 87.6 Å². The Labute approximate surface area is 181 Å². The van der Waals surface area contributed by atoms with Gasteiger partial charge < -0.3 is 25.4 Å². The zero-order valence-electron chi connectivity index (χ0n) is 16.2. The summed E-state index contributed by atoms with van der Waals surface area (Å²) in [6.07, 6.45) is 3.94. The van der Waals surface area contributed by atoms with Gasteiger partial charge in [-0.2, -0.15) is 0 Å². The zero-order chi connectivity index (χ0) is 22.4. The largest absolute Gasteiger partial charge is 0.505 e. The summed E-state index contributed by atoms with van der Waals surface area (Å²) in [7, 11) is 0. The van der Waals surface area contributed by atoms with Crippen LogP contribution in [0.15, 0.2) is 65.8 Å². The molecule has 160 valence electrons. The quantitative estimate of drug-likeness (QED) is 0.444. The Morgan fingerprint density at radius 2 is 1.94 bits per heavy atom. The number of aliphatic carboxylic acids is 1. The summed E-state index contributed by atoms with van der Waals surface area (Å²) in [6.45, 7) is 0.131. The van der Waals surface area contributed by atoms with E-state index in [0.29, 0.717) is 16.1 Å². The van der Waals surface area contributed by atoms with Crippen LogP contribution in [-0.2, 0) is 11.3 Å². The maximum atomic E-state index is 12.8. The number of hydrogen-bond acceptors (Lipinski definition) is 5. The number of benzene rings is 1. The Morgan fingerprint density at radius 3 is 2.61 bits per heavy atom. The van der Waals surface area contributed by atoms with E-state index in [1.54, 1.807) is 36.4 Å². The van der Waals surface area contributed by atoms with Crippen LogP contribution in [0.25, 0.3) is 0 Å². The van der Waals surface area contributed by atoms with Gasteiger partial charge in [0.05, 0.1) is 19.0 Å². The maximum absolute atomic E-state index is 12.8. The Hall–Kier alpha value is -3.85. The summed E-state index contributed by atoms with van der Waals surface area (Å²) < 4.78 is 1.28. The second-order valence-corrected chi connectivity index (χ2v) is 7.04. The van der Waals surface area contributed by atoms with Crippen molar-refractivity contribution >= 4 is 29.3 Å². The number of rotatable bonds is 7. The summed E-state index contributed by atoms with van der Waals surface area (Å²) in [6, 6.07) is 9.75. The summed E-state index contributed by atoms with van der Waals surface area (Å²) in [5.41, 5.74) is 0.178. The highest BCUT2D eigenvalue weighted by molar-refractivity contribution is 6.31. The topological polar surface area (TPSA) is 134 Å². The number of halogens is 1. The normalized spacial score (nSPS) is 11.5. The molecule has 1 aromatic carbocycles. The van der Waals surface area contributed by atoms with Crippen LogP contribution in [0.1, 0.15) is 23.6 Å². The number of pyridine rings is 2. The van der Waals surface area contributed by atoms with Crippen molar-refractivity contribution < 1.29 is 19.8 Å². The Balaban J connectivity index is 1.81. The summed E-state index contributed by atoms with van der Waals surface area (Å²) in [5.74, 6) is -1.55. The molecule has 2 aromatic heterocycles. The molecule has 2 heterocycles. The van der Waals surface area contributed by atoms with Gasteiger partial charge in [-0.15, -0.1) is 0 Å². The van der Waals surface area contributed by atoms with Gasteiger partial charge in [0, 0.05) is 23.6 Å². The minimum atomic E-state index is -1.13. The fourth-order valence-electron chi connectivity index (χ4n) is 2.93. The van der Waals surface area contributed by atoms with Crippen LogP contribution in [0, 0.1) is 0 Å². The van der Waals surface area contributed by atoms with Crippen molar-refractivity contribution in [1.29, 1.82) is 0 Å². The monoisotopic (exact) mass is 442 g/mol. The van der Waals surface area contributed by atoms with Crippen LogP contribution < -0.4 is 16.2 Å². The third-order valence-electron chi connectivity index (χ3n) is 4.45. The lowest BCUT2D eigenvalue weighted by Crippen LogP contribution is -2.36. The molecule has 0 bridgehead atoms. The molecule has 0 fully saturated rings. The van der Waals surface area contributed by atoms with E-state index < -0.39 is 35.8 Å². The predicted molar refractivity (Wildman–Crippen MR) is 114 cm³/mol. The molecular formula is C21H19ClN4O5. The Bertz CT molecular complexity index is 1150. The lowest BCUT2D eigenvalue weighted by atomic mass is 10.1. The fraction of sp³-hybridized carbons (Fsp3) is 0.143. The lowest BCUT2D eigenvalue weighted by Gasteiger charge is -2.18. The van der Waals surface area contributed by atoms with Crippen LogP contribution in [-0.4, -0.2) is 31.8 Å². The van der Waals surface area contributed by atoms with Crippen molar-refractivity contribution in [1.82, 2.24) is 14.9 Å². The van der Waals surface area contributed by atoms with Gasteiger partial charge in [-0.1, -0.05) is 35.9 Å². The number of carboxylic acids is 1. The molecule has 1 atom stereocenters. The van der Waals surface area contributed by atoms with E-state index in [0.717, 1.165) is 0 Å². The van der Waals surface area contributed by atoms with Crippen molar-refractivity contribution in [3.8, 4) is 5.75 Å². The molecule has 0 aliphatic rings. The van der Waals surface area contributed by atoms with E-state index in [1.165, 1.54) is 29.2 Å². The van der Waals surface area contributed by atoms with Gasteiger partial charge in [-0.25, -0.2) is 4.79 Å². The average molecular weight is 443 g/mol. The lowest BCUT2D eigenvalue weighted by molar-refractivity contribution is -0.137. The molecule has 0 aliphatic carbocycles. The number of nitrogens with zero attached hydrogens (tertiary/aromatic N) is 2. The first-order chi connectivity index (χ1) is 14.8. The Kier molecular flexibility index (Phi) is 6.88. The summed E-state index contributed by atoms with van der Waals surface area (Å²) in [4.78, 5) is 40.4. The number of nitrogens with one attached hydrogen (secondary N) is 2. The number of amides is 2. The molecule has 10 heteroatoms. The van der Waals surface area contributed by atoms with E-state index in [4.69, 9.17) is 16.7 Å². The third-order valence-corrected chi connectivity index (χ3v) is 4.82. The van der Waals surface area contributed by atoms with E-state index in [2.05, 4.69) is 15.6 Å². The molecule has 3 aromatic rings. The number of carbonyl (C=O) groups excluding carboxylic acids is 1. The number of carboxylic acid groups (broad SMARTS) is 1. The maximum Gasteiger partial charge on any atom is 0.319 e. The van der Waals surface area contributed by atoms with E-state index in [9.17, 15) is 19.5 Å². The molecule has 31 heavy (non-hydrogen) atoms. The highest BCUT2D eigenvalue weighted by Crippen LogP contribution is 2.21. The highest BCUT2D eigenvalue weighted by atomic mass is 35.5. The van der Waals surface area contributed by atoms with Crippen LogP contribution in [0.2, 0.25) is 5.02 Å². The summed E-state index contributed by atoms with van der Waals surface area (Å²) >= 11 is 6.14. The standard InChI is InChI=1S/C21H19ClN4O5/c22-15-6-2-1-4-14(15)12-26-9-7-17(27)19(20(26)30)25-21(31)24-16(10-18(28)29)13-5-3-8-23-11-13/h1-9,11,16,27H,10,12H2,(H,28,29)(H2,24,25,31). The molecule has 0 radical (unpaired) electrons. The van der Waals surface area contributed by atoms with Gasteiger partial charge >= 0.3 is 12.0 Å². The second kappa shape index (κ2) is 9.77. The predicted octanol–water partition coefficient (Wildman–Crippen LogP) is 2.99. The zero-order valence-corrected chi connectivity index (χ0v) is 16.9. The average Bonchev–Trinajstić information content (AvgIpc) is 2.74. The second-order valence-electron chi connectivity index (χ2n) is 6.64. The van der Waals surface area contributed by atoms with Crippen LogP contribution >= 0.6 is 11.6 Å². The van der Waals surface area contributed by atoms with Gasteiger partial charge in [0.2, 0.25) is 0 Å². The molecule has 0 aliphatic heterocycles. The van der Waals surface area contributed by atoms with Gasteiger partial charge in [0.25, 0.3) is 5.56 Å². The minimum absolute atomic E-state index is 0.131. The number of aromatic hydroxyl groups is 1. The highest BCUT2D eigenvalue weighted by Gasteiger charge is 2.20. The number of hydrogen-bond donors (Lipinski definition) is 4. The number of aromatic nitrogens is 2. The minimum Gasteiger partial charge on any atom is -0.505 e. The Morgan fingerprint density at radius 1 is 1.16 bits per heavy atom. The van der Waals surface area contributed by atoms with Crippen molar-refractivity contribution in [3.63, 3.8) is 0 Å².